The van der Waals surface area contributed by atoms with Gasteiger partial charge in [0.15, 0.2) is 0 Å². The molecule has 3 aromatic rings. The topological polar surface area (TPSA) is 74.0 Å². The van der Waals surface area contributed by atoms with Crippen molar-refractivity contribution in [2.45, 2.75) is 13.0 Å². The normalized spacial score (nSPS) is 17.5. The second kappa shape index (κ2) is 6.15. The average molecular weight is 363 g/mol. The fourth-order valence-corrected chi connectivity index (χ4v) is 5.11. The summed E-state index contributed by atoms with van der Waals surface area (Å²) in [7, 11) is 0. The summed E-state index contributed by atoms with van der Waals surface area (Å²) in [5.41, 5.74) is 0. The Labute approximate surface area is 146 Å². The average Bonchev–Trinajstić information content (AvgIpc) is 3.30. The third-order valence-electron chi connectivity index (χ3n) is 4.32. The molecular weight excluding hydrogens is 346 g/mol. The van der Waals surface area contributed by atoms with Crippen LogP contribution in [0.4, 0.5) is 0 Å². The highest BCUT2D eigenvalue weighted by Crippen LogP contribution is 2.41. The number of thiophene rings is 1. The predicted molar refractivity (Wildman–Crippen MR) is 92.5 cm³/mol. The smallest absolute Gasteiger partial charge is 0.230 e. The van der Waals surface area contributed by atoms with Crippen LogP contribution in [0.5, 0.6) is 5.88 Å². The Morgan fingerprint density at radius 1 is 1.33 bits per heavy atom. The second-order valence-corrected chi connectivity index (χ2v) is 7.69. The Kier molecular flexibility index (Phi) is 3.99. The van der Waals surface area contributed by atoms with Crippen molar-refractivity contribution in [1.29, 1.82) is 0 Å². The van der Waals surface area contributed by atoms with Gasteiger partial charge in [0.1, 0.15) is 6.33 Å². The molecule has 1 N–H and O–H groups in total. The molecule has 7 nitrogen and oxygen atoms in total. The van der Waals surface area contributed by atoms with Crippen molar-refractivity contribution >= 4 is 33.5 Å². The van der Waals surface area contributed by atoms with Crippen LogP contribution in [0.3, 0.4) is 0 Å². The predicted octanol–water partition coefficient (Wildman–Crippen LogP) is 1.81. The third kappa shape index (κ3) is 2.58. The molecular formula is C15H17N5O2S2. The first-order valence-electron chi connectivity index (χ1n) is 7.69. The number of carbonyl (C=O) groups is 1. The third-order valence-corrected chi connectivity index (χ3v) is 6.34. The number of hydrogen-bond acceptors (Lipinski definition) is 7. The number of aromatic nitrogens is 3. The number of carbonyl (C=O) groups excluding carboxylic acids is 1. The van der Waals surface area contributed by atoms with Crippen LogP contribution >= 0.6 is 22.7 Å². The van der Waals surface area contributed by atoms with Gasteiger partial charge in [0.05, 0.1) is 10.9 Å². The van der Waals surface area contributed by atoms with Crippen LogP contribution in [0, 0.1) is 0 Å². The van der Waals surface area contributed by atoms with Crippen molar-refractivity contribution < 1.29 is 9.90 Å². The van der Waals surface area contributed by atoms with Crippen molar-refractivity contribution in [2.75, 3.05) is 26.2 Å². The lowest BCUT2D eigenvalue weighted by molar-refractivity contribution is -0.130. The van der Waals surface area contributed by atoms with Crippen LogP contribution in [0.15, 0.2) is 23.8 Å². The molecule has 1 amide bonds. The molecule has 0 radical (unpaired) electrons. The highest BCUT2D eigenvalue weighted by Gasteiger charge is 2.32. The van der Waals surface area contributed by atoms with E-state index in [2.05, 4.69) is 21.0 Å². The Morgan fingerprint density at radius 3 is 2.75 bits per heavy atom. The Morgan fingerprint density at radius 2 is 2.12 bits per heavy atom. The van der Waals surface area contributed by atoms with Gasteiger partial charge in [-0.2, -0.15) is 9.61 Å². The first kappa shape index (κ1) is 15.6. The maximum Gasteiger partial charge on any atom is 0.230 e. The van der Waals surface area contributed by atoms with Gasteiger partial charge in [0, 0.05) is 38.0 Å². The summed E-state index contributed by atoms with van der Waals surface area (Å²) in [6.07, 6.45) is 1.45. The molecule has 1 fully saturated rings. The number of hydrogen-bond donors (Lipinski definition) is 1. The van der Waals surface area contributed by atoms with E-state index >= 15 is 0 Å². The number of piperazine rings is 1. The van der Waals surface area contributed by atoms with Gasteiger partial charge in [0.2, 0.25) is 16.7 Å². The minimum absolute atomic E-state index is 0.0346. The Hall–Kier alpha value is -1.97. The first-order valence-corrected chi connectivity index (χ1v) is 9.39. The molecule has 4 heterocycles. The molecule has 0 bridgehead atoms. The lowest BCUT2D eigenvalue weighted by atomic mass is 10.1. The van der Waals surface area contributed by atoms with Crippen molar-refractivity contribution in [3.8, 4) is 5.88 Å². The van der Waals surface area contributed by atoms with Crippen LogP contribution in [0.1, 0.15) is 22.7 Å². The molecule has 1 aliphatic heterocycles. The van der Waals surface area contributed by atoms with Gasteiger partial charge in [-0.15, -0.1) is 11.3 Å². The van der Waals surface area contributed by atoms with Gasteiger partial charge in [-0.05, 0) is 11.4 Å². The lowest BCUT2D eigenvalue weighted by Gasteiger charge is -2.38. The maximum absolute atomic E-state index is 11.6. The van der Waals surface area contributed by atoms with E-state index in [0.717, 1.165) is 18.0 Å². The van der Waals surface area contributed by atoms with Crippen LogP contribution < -0.4 is 0 Å². The van der Waals surface area contributed by atoms with Gasteiger partial charge in [-0.25, -0.2) is 4.98 Å². The van der Waals surface area contributed by atoms with Gasteiger partial charge in [-0.1, -0.05) is 17.4 Å². The lowest BCUT2D eigenvalue weighted by Crippen LogP contribution is -2.49. The summed E-state index contributed by atoms with van der Waals surface area (Å²) in [5, 5.41) is 16.7. The van der Waals surface area contributed by atoms with Crippen LogP contribution in [-0.2, 0) is 4.79 Å². The Balaban J connectivity index is 1.69. The molecule has 126 valence electrons. The molecule has 3 aromatic heterocycles. The van der Waals surface area contributed by atoms with Crippen molar-refractivity contribution in [3.63, 3.8) is 0 Å². The number of aromatic hydroxyl groups is 1. The fraction of sp³-hybridized carbons (Fsp3) is 0.400. The number of fused-ring (bicyclic) bond motifs is 1. The quantitative estimate of drug-likeness (QED) is 0.768. The molecule has 24 heavy (non-hydrogen) atoms. The summed E-state index contributed by atoms with van der Waals surface area (Å²) in [5.74, 6) is 0.267. The largest absolute Gasteiger partial charge is 0.492 e. The highest BCUT2D eigenvalue weighted by molar-refractivity contribution is 7.17. The SMILES string of the molecule is CC(=O)N1CCN(C(c2cccs2)c2sc3ncnn3c2O)CC1. The van der Waals surface area contributed by atoms with Crippen LogP contribution in [0.25, 0.3) is 4.96 Å². The molecule has 1 atom stereocenters. The van der Waals surface area contributed by atoms with E-state index < -0.39 is 0 Å². The van der Waals surface area contributed by atoms with Crippen molar-refractivity contribution in [2.24, 2.45) is 0 Å². The summed E-state index contributed by atoms with van der Waals surface area (Å²) >= 11 is 3.13. The summed E-state index contributed by atoms with van der Waals surface area (Å²) < 4.78 is 1.48. The van der Waals surface area contributed by atoms with E-state index in [1.54, 1.807) is 18.3 Å². The van der Waals surface area contributed by atoms with E-state index in [1.807, 2.05) is 16.3 Å². The van der Waals surface area contributed by atoms with Gasteiger partial charge < -0.3 is 10.0 Å². The van der Waals surface area contributed by atoms with Crippen molar-refractivity contribution in [1.82, 2.24) is 24.4 Å². The highest BCUT2D eigenvalue weighted by atomic mass is 32.1. The van der Waals surface area contributed by atoms with E-state index in [-0.39, 0.29) is 17.8 Å². The molecule has 1 unspecified atom stereocenters. The number of nitrogens with zero attached hydrogens (tertiary/aromatic N) is 5. The molecule has 0 saturated carbocycles. The van der Waals surface area contributed by atoms with E-state index in [9.17, 15) is 9.90 Å². The molecule has 0 aromatic carbocycles. The second-order valence-electron chi connectivity index (χ2n) is 5.70. The zero-order chi connectivity index (χ0) is 16.7. The maximum atomic E-state index is 11.6. The molecule has 0 spiro atoms. The van der Waals surface area contributed by atoms with E-state index in [0.29, 0.717) is 18.1 Å². The zero-order valence-electron chi connectivity index (χ0n) is 13.1. The van der Waals surface area contributed by atoms with Crippen molar-refractivity contribution in [3.05, 3.63) is 33.6 Å². The van der Waals surface area contributed by atoms with Gasteiger partial charge in [-0.3, -0.25) is 9.69 Å². The molecule has 1 aliphatic rings. The number of amides is 1. The van der Waals surface area contributed by atoms with Crippen LogP contribution in [0.2, 0.25) is 0 Å². The van der Waals surface area contributed by atoms with Gasteiger partial charge in [0.25, 0.3) is 0 Å². The summed E-state index contributed by atoms with van der Waals surface area (Å²) in [6.45, 7) is 4.57. The first-order chi connectivity index (χ1) is 11.6. The molecule has 1 saturated heterocycles. The summed E-state index contributed by atoms with van der Waals surface area (Å²) in [6, 6.07) is 4.07. The minimum Gasteiger partial charge on any atom is -0.492 e. The summed E-state index contributed by atoms with van der Waals surface area (Å²) in [4.78, 5) is 22.6. The standard InChI is InChI=1S/C15H17N5O2S2/c1-10(21)18-4-6-19(7-5-18)12(11-3-2-8-23-11)13-14(22)20-15(24-13)16-9-17-20/h2-3,8-9,12,22H,4-7H2,1H3. The minimum atomic E-state index is -0.0346. The molecule has 4 rings (SSSR count). The van der Waals surface area contributed by atoms with Gasteiger partial charge >= 0.3 is 0 Å². The fourth-order valence-electron chi connectivity index (χ4n) is 3.09. The van der Waals surface area contributed by atoms with E-state index in [1.165, 1.54) is 27.1 Å². The Bertz CT molecular complexity index is 849. The monoisotopic (exact) mass is 363 g/mol. The number of thiazole rings is 1. The number of rotatable bonds is 3. The zero-order valence-corrected chi connectivity index (χ0v) is 14.8. The van der Waals surface area contributed by atoms with Crippen LogP contribution in [-0.4, -0.2) is 61.6 Å². The molecule has 0 aliphatic carbocycles. The van der Waals surface area contributed by atoms with E-state index in [4.69, 9.17) is 0 Å². The molecule has 9 heteroatoms.